The molecule has 1 heterocycles. The van der Waals surface area contributed by atoms with Gasteiger partial charge in [0.25, 0.3) is 0 Å². The number of fused-ring (bicyclic) bond motifs is 1. The lowest BCUT2D eigenvalue weighted by molar-refractivity contribution is -0.120. The first kappa shape index (κ1) is 14.5. The molecular formula is C13H17ClN2O2. The fourth-order valence-electron chi connectivity index (χ4n) is 1.80. The summed E-state index contributed by atoms with van der Waals surface area (Å²) < 4.78 is 5.69. The summed E-state index contributed by atoms with van der Waals surface area (Å²) in [5.74, 6) is 0.781. The highest BCUT2D eigenvalue weighted by atomic mass is 35.5. The Balaban J connectivity index is 0.00000162. The van der Waals surface area contributed by atoms with Gasteiger partial charge in [-0.15, -0.1) is 12.4 Å². The third kappa shape index (κ3) is 3.03. The van der Waals surface area contributed by atoms with Crippen molar-refractivity contribution in [3.63, 3.8) is 0 Å². The van der Waals surface area contributed by atoms with E-state index in [0.29, 0.717) is 13.1 Å². The molecule has 0 atom stereocenters. The second-order valence-electron chi connectivity index (χ2n) is 3.95. The van der Waals surface area contributed by atoms with Crippen molar-refractivity contribution in [2.75, 3.05) is 13.6 Å². The van der Waals surface area contributed by atoms with E-state index < -0.39 is 0 Å². The van der Waals surface area contributed by atoms with E-state index in [4.69, 9.17) is 4.42 Å². The van der Waals surface area contributed by atoms with Crippen LogP contribution in [0.25, 0.3) is 11.0 Å². The minimum Gasteiger partial charge on any atom is -0.459 e. The maximum atomic E-state index is 11.3. The predicted octanol–water partition coefficient (Wildman–Crippen LogP) is 2.00. The molecule has 0 radical (unpaired) electrons. The van der Waals surface area contributed by atoms with Crippen molar-refractivity contribution >= 4 is 29.3 Å². The van der Waals surface area contributed by atoms with Crippen molar-refractivity contribution in [1.82, 2.24) is 10.6 Å². The lowest BCUT2D eigenvalue weighted by atomic mass is 10.1. The monoisotopic (exact) mass is 268 g/mol. The van der Waals surface area contributed by atoms with Crippen LogP contribution in [0.5, 0.6) is 0 Å². The van der Waals surface area contributed by atoms with Crippen LogP contribution in [-0.4, -0.2) is 19.5 Å². The van der Waals surface area contributed by atoms with Crippen LogP contribution >= 0.6 is 12.4 Å². The van der Waals surface area contributed by atoms with Gasteiger partial charge in [0.15, 0.2) is 0 Å². The number of carbonyl (C=O) groups excluding carboxylic acids is 1. The van der Waals surface area contributed by atoms with Crippen LogP contribution in [0.3, 0.4) is 0 Å². The Morgan fingerprint density at radius 1 is 1.33 bits per heavy atom. The summed E-state index contributed by atoms with van der Waals surface area (Å²) >= 11 is 0. The molecule has 5 heteroatoms. The Kier molecular flexibility index (Phi) is 5.19. The molecule has 0 saturated carbocycles. The van der Waals surface area contributed by atoms with Crippen LogP contribution < -0.4 is 10.6 Å². The summed E-state index contributed by atoms with van der Waals surface area (Å²) in [6, 6.07) is 7.87. The quantitative estimate of drug-likeness (QED) is 0.892. The largest absolute Gasteiger partial charge is 0.459 e. The van der Waals surface area contributed by atoms with Gasteiger partial charge in [0.2, 0.25) is 5.91 Å². The first-order chi connectivity index (χ1) is 8.22. The summed E-state index contributed by atoms with van der Waals surface area (Å²) in [6.07, 6.45) is 0. The average Bonchev–Trinajstić information content (AvgIpc) is 2.65. The van der Waals surface area contributed by atoms with Gasteiger partial charge in [-0.3, -0.25) is 4.79 Å². The van der Waals surface area contributed by atoms with Crippen molar-refractivity contribution in [2.45, 2.75) is 13.5 Å². The number of amides is 1. The molecule has 98 valence electrons. The number of rotatable bonds is 4. The minimum atomic E-state index is -0.0349. The van der Waals surface area contributed by atoms with Crippen molar-refractivity contribution in [2.24, 2.45) is 0 Å². The number of halogens is 1. The zero-order valence-corrected chi connectivity index (χ0v) is 11.3. The number of nitrogens with one attached hydrogen (secondary N) is 2. The molecule has 18 heavy (non-hydrogen) atoms. The first-order valence-corrected chi connectivity index (χ1v) is 5.60. The van der Waals surface area contributed by atoms with Crippen LogP contribution in [0.15, 0.2) is 28.7 Å². The molecule has 4 nitrogen and oxygen atoms in total. The molecule has 0 aliphatic heterocycles. The fourth-order valence-corrected chi connectivity index (χ4v) is 1.80. The van der Waals surface area contributed by atoms with Crippen molar-refractivity contribution in [3.8, 4) is 0 Å². The van der Waals surface area contributed by atoms with Gasteiger partial charge in [-0.1, -0.05) is 18.2 Å². The number of likely N-dealkylation sites (N-methyl/N-ethyl adjacent to an activating group) is 1. The van der Waals surface area contributed by atoms with E-state index in [1.807, 2.05) is 31.2 Å². The smallest absolute Gasteiger partial charge is 0.234 e. The molecular weight excluding hydrogens is 252 g/mol. The molecule has 0 spiro atoms. The molecule has 0 bridgehead atoms. The Morgan fingerprint density at radius 2 is 2.06 bits per heavy atom. The molecule has 0 aliphatic carbocycles. The molecule has 0 fully saturated rings. The standard InChI is InChI=1S/C13H16N2O2.ClH/c1-9-10-5-3-4-6-11(10)17-12(9)7-15-13(16)8-14-2;/h3-6,14H,7-8H2,1-2H3,(H,15,16);1H. The van der Waals surface area contributed by atoms with E-state index in [-0.39, 0.29) is 18.3 Å². The van der Waals surface area contributed by atoms with Crippen LogP contribution in [0.1, 0.15) is 11.3 Å². The van der Waals surface area contributed by atoms with Gasteiger partial charge < -0.3 is 15.1 Å². The predicted molar refractivity (Wildman–Crippen MR) is 74.0 cm³/mol. The van der Waals surface area contributed by atoms with Gasteiger partial charge >= 0.3 is 0 Å². The Bertz CT molecular complexity index is 537. The molecule has 0 aliphatic rings. The number of aryl methyl sites for hydroxylation is 1. The second kappa shape index (κ2) is 6.42. The highest BCUT2D eigenvalue weighted by molar-refractivity contribution is 5.85. The van der Waals surface area contributed by atoms with E-state index in [0.717, 1.165) is 22.3 Å². The van der Waals surface area contributed by atoms with Gasteiger partial charge in [0, 0.05) is 10.9 Å². The van der Waals surface area contributed by atoms with E-state index in [1.54, 1.807) is 7.05 Å². The molecule has 0 saturated heterocycles. The van der Waals surface area contributed by atoms with Gasteiger partial charge in [-0.2, -0.15) is 0 Å². The first-order valence-electron chi connectivity index (χ1n) is 5.60. The third-order valence-electron chi connectivity index (χ3n) is 2.73. The van der Waals surface area contributed by atoms with Gasteiger partial charge in [-0.05, 0) is 20.0 Å². The fraction of sp³-hybridized carbons (Fsp3) is 0.308. The highest BCUT2D eigenvalue weighted by Gasteiger charge is 2.10. The molecule has 2 N–H and O–H groups in total. The topological polar surface area (TPSA) is 54.3 Å². The number of benzene rings is 1. The molecule has 1 aromatic carbocycles. The van der Waals surface area contributed by atoms with E-state index >= 15 is 0 Å². The van der Waals surface area contributed by atoms with Gasteiger partial charge in [0.1, 0.15) is 11.3 Å². The normalized spacial score (nSPS) is 10.1. The zero-order chi connectivity index (χ0) is 12.3. The average molecular weight is 269 g/mol. The summed E-state index contributed by atoms with van der Waals surface area (Å²) in [5, 5.41) is 6.71. The van der Waals surface area contributed by atoms with Crippen molar-refractivity contribution in [3.05, 3.63) is 35.6 Å². The summed E-state index contributed by atoms with van der Waals surface area (Å²) in [5.41, 5.74) is 1.95. The minimum absolute atomic E-state index is 0. The summed E-state index contributed by atoms with van der Waals surface area (Å²) in [4.78, 5) is 11.3. The number of carbonyl (C=O) groups is 1. The molecule has 1 amide bonds. The number of furan rings is 1. The van der Waals surface area contributed by atoms with E-state index in [9.17, 15) is 4.79 Å². The van der Waals surface area contributed by atoms with Crippen molar-refractivity contribution < 1.29 is 9.21 Å². The highest BCUT2D eigenvalue weighted by Crippen LogP contribution is 2.24. The molecule has 0 unspecified atom stereocenters. The SMILES string of the molecule is CNCC(=O)NCc1oc2ccccc2c1C.Cl. The van der Waals surface area contributed by atoms with E-state index in [2.05, 4.69) is 10.6 Å². The summed E-state index contributed by atoms with van der Waals surface area (Å²) in [6.45, 7) is 2.76. The number of hydrogen-bond acceptors (Lipinski definition) is 3. The Morgan fingerprint density at radius 3 is 2.72 bits per heavy atom. The lowest BCUT2D eigenvalue weighted by Crippen LogP contribution is -2.31. The van der Waals surface area contributed by atoms with E-state index in [1.165, 1.54) is 0 Å². The van der Waals surface area contributed by atoms with Crippen molar-refractivity contribution in [1.29, 1.82) is 0 Å². The number of hydrogen-bond donors (Lipinski definition) is 2. The maximum absolute atomic E-state index is 11.3. The van der Waals surface area contributed by atoms with Crippen LogP contribution in [-0.2, 0) is 11.3 Å². The Hall–Kier alpha value is -1.52. The molecule has 1 aromatic heterocycles. The maximum Gasteiger partial charge on any atom is 0.234 e. The molecule has 2 aromatic rings. The summed E-state index contributed by atoms with van der Waals surface area (Å²) in [7, 11) is 1.74. The van der Waals surface area contributed by atoms with Crippen LogP contribution in [0, 0.1) is 6.92 Å². The third-order valence-corrected chi connectivity index (χ3v) is 2.73. The van der Waals surface area contributed by atoms with Gasteiger partial charge in [0.05, 0.1) is 13.1 Å². The lowest BCUT2D eigenvalue weighted by Gasteiger charge is -2.02. The molecule has 2 rings (SSSR count). The number of para-hydroxylation sites is 1. The van der Waals surface area contributed by atoms with Gasteiger partial charge in [-0.25, -0.2) is 0 Å². The Labute approximate surface area is 112 Å². The zero-order valence-electron chi connectivity index (χ0n) is 10.4. The van der Waals surface area contributed by atoms with Crippen LogP contribution in [0.2, 0.25) is 0 Å². The van der Waals surface area contributed by atoms with Crippen LogP contribution in [0.4, 0.5) is 0 Å². The second-order valence-corrected chi connectivity index (χ2v) is 3.95.